The highest BCUT2D eigenvalue weighted by molar-refractivity contribution is 5.41. The van der Waals surface area contributed by atoms with Crippen molar-refractivity contribution in [1.82, 2.24) is 0 Å². The van der Waals surface area contributed by atoms with E-state index in [0.717, 1.165) is 0 Å². The zero-order valence-electron chi connectivity index (χ0n) is 9.06. The molecule has 0 bridgehead atoms. The van der Waals surface area contributed by atoms with Gasteiger partial charge >= 0.3 is 0 Å². The van der Waals surface area contributed by atoms with E-state index in [1.165, 1.54) is 0 Å². The first-order chi connectivity index (χ1) is 8.08. The molecule has 0 saturated carbocycles. The van der Waals surface area contributed by atoms with Crippen LogP contribution in [0.15, 0.2) is 24.3 Å². The van der Waals surface area contributed by atoms with Crippen molar-refractivity contribution in [3.63, 3.8) is 0 Å². The number of hydrogen-bond acceptors (Lipinski definition) is 6. The largest absolute Gasteiger partial charge is 0.462 e. The number of aliphatic hydroxyl groups is 3. The topological polar surface area (TPSA) is 105 Å². The number of ether oxygens (including phenoxy) is 2. The normalized spacial score (nSPS) is 33.4. The number of aliphatic hydroxyl groups excluding tert-OH is 3. The summed E-state index contributed by atoms with van der Waals surface area (Å²) in [7, 11) is 0. The number of nitrogens with two attached hydrogens (primary N) is 1. The van der Waals surface area contributed by atoms with Crippen LogP contribution in [0.4, 0.5) is 5.69 Å². The second-order valence-electron chi connectivity index (χ2n) is 3.94. The molecule has 1 fully saturated rings. The molecule has 17 heavy (non-hydrogen) atoms. The maximum Gasteiger partial charge on any atom is 0.228 e. The van der Waals surface area contributed by atoms with Crippen molar-refractivity contribution >= 4 is 5.69 Å². The third kappa shape index (κ3) is 2.67. The summed E-state index contributed by atoms with van der Waals surface area (Å²) in [4.78, 5) is 0. The Bertz CT molecular complexity index is 369. The number of rotatable bonds is 2. The van der Waals surface area contributed by atoms with Crippen LogP contribution in [0.2, 0.25) is 0 Å². The van der Waals surface area contributed by atoms with E-state index < -0.39 is 24.6 Å². The summed E-state index contributed by atoms with van der Waals surface area (Å²) in [5.74, 6) is 0.465. The molecule has 5 N–H and O–H groups in total. The summed E-state index contributed by atoms with van der Waals surface area (Å²) in [5.41, 5.74) is 6.11. The predicted octanol–water partition coefficient (Wildman–Crippen LogP) is -0.913. The van der Waals surface area contributed by atoms with Crippen molar-refractivity contribution in [2.45, 2.75) is 24.6 Å². The Hall–Kier alpha value is -1.34. The number of anilines is 1. The molecule has 2 rings (SSSR count). The van der Waals surface area contributed by atoms with E-state index in [1.54, 1.807) is 24.3 Å². The Balaban J connectivity index is 2.01. The maximum atomic E-state index is 9.64. The average Bonchev–Trinajstić information content (AvgIpc) is 2.33. The van der Waals surface area contributed by atoms with Crippen LogP contribution in [-0.2, 0) is 4.74 Å². The summed E-state index contributed by atoms with van der Waals surface area (Å²) in [6, 6.07) is 6.55. The first-order valence-electron chi connectivity index (χ1n) is 5.26. The summed E-state index contributed by atoms with van der Waals surface area (Å²) < 4.78 is 10.4. The van der Waals surface area contributed by atoms with Crippen LogP contribution in [0, 0.1) is 0 Å². The first-order valence-corrected chi connectivity index (χ1v) is 5.26. The lowest BCUT2D eigenvalue weighted by molar-refractivity contribution is -0.242. The lowest BCUT2D eigenvalue weighted by atomic mass is 10.1. The maximum absolute atomic E-state index is 9.64. The van der Waals surface area contributed by atoms with E-state index in [-0.39, 0.29) is 6.61 Å². The molecule has 6 nitrogen and oxygen atoms in total. The van der Waals surface area contributed by atoms with Gasteiger partial charge in [-0.2, -0.15) is 0 Å². The minimum absolute atomic E-state index is 0.0855. The van der Waals surface area contributed by atoms with E-state index in [9.17, 15) is 15.3 Å². The lowest BCUT2D eigenvalue weighted by Crippen LogP contribution is -2.54. The third-order valence-electron chi connectivity index (χ3n) is 2.59. The summed E-state index contributed by atoms with van der Waals surface area (Å²) in [5, 5.41) is 28.4. The molecule has 94 valence electrons. The van der Waals surface area contributed by atoms with Gasteiger partial charge in [0.2, 0.25) is 6.29 Å². The molecule has 0 radical (unpaired) electrons. The molecular formula is C11H15NO5. The van der Waals surface area contributed by atoms with Crippen molar-refractivity contribution in [2.75, 3.05) is 12.3 Å². The van der Waals surface area contributed by atoms with Gasteiger partial charge in [-0.1, -0.05) is 0 Å². The standard InChI is InChI=1S/C11H15NO5/c12-6-1-3-7(4-2-6)17-11-10(15)9(14)8(13)5-16-11/h1-4,8-11,13-15H,5,12H2/t8-,9+,10+,11-/m0/s1. The molecule has 1 aliphatic heterocycles. The molecule has 0 spiro atoms. The molecule has 1 saturated heterocycles. The highest BCUT2D eigenvalue weighted by Gasteiger charge is 2.38. The summed E-state index contributed by atoms with van der Waals surface area (Å²) >= 11 is 0. The van der Waals surface area contributed by atoms with E-state index in [1.807, 2.05) is 0 Å². The second kappa shape index (κ2) is 4.89. The molecule has 0 amide bonds. The number of benzene rings is 1. The zero-order valence-corrected chi connectivity index (χ0v) is 9.06. The average molecular weight is 241 g/mol. The van der Waals surface area contributed by atoms with Gasteiger partial charge in [0, 0.05) is 5.69 Å². The fourth-order valence-electron chi connectivity index (χ4n) is 1.56. The Morgan fingerprint density at radius 2 is 1.76 bits per heavy atom. The van der Waals surface area contributed by atoms with Crippen LogP contribution >= 0.6 is 0 Å². The first kappa shape index (κ1) is 12.1. The van der Waals surface area contributed by atoms with Gasteiger partial charge in [-0.3, -0.25) is 0 Å². The van der Waals surface area contributed by atoms with Crippen molar-refractivity contribution in [2.24, 2.45) is 0 Å². The molecule has 4 atom stereocenters. The Labute approximate surface area is 98.2 Å². The van der Waals surface area contributed by atoms with Crippen molar-refractivity contribution in [3.8, 4) is 5.75 Å². The third-order valence-corrected chi connectivity index (χ3v) is 2.59. The van der Waals surface area contributed by atoms with Gasteiger partial charge in [-0.15, -0.1) is 0 Å². The van der Waals surface area contributed by atoms with E-state index >= 15 is 0 Å². The fraction of sp³-hybridized carbons (Fsp3) is 0.455. The Morgan fingerprint density at radius 1 is 1.12 bits per heavy atom. The van der Waals surface area contributed by atoms with Gasteiger partial charge in [0.1, 0.15) is 24.1 Å². The van der Waals surface area contributed by atoms with Gasteiger partial charge in [0.05, 0.1) is 6.61 Å². The molecule has 1 aliphatic rings. The molecule has 1 heterocycles. The fourth-order valence-corrected chi connectivity index (χ4v) is 1.56. The highest BCUT2D eigenvalue weighted by atomic mass is 16.7. The van der Waals surface area contributed by atoms with Crippen LogP contribution in [0.3, 0.4) is 0 Å². The van der Waals surface area contributed by atoms with Crippen LogP contribution < -0.4 is 10.5 Å². The number of nitrogen functional groups attached to an aromatic ring is 1. The van der Waals surface area contributed by atoms with Gasteiger partial charge in [-0.25, -0.2) is 0 Å². The van der Waals surface area contributed by atoms with Crippen molar-refractivity contribution in [1.29, 1.82) is 0 Å². The van der Waals surface area contributed by atoms with Crippen LogP contribution in [0.5, 0.6) is 5.75 Å². The molecular weight excluding hydrogens is 226 g/mol. The smallest absolute Gasteiger partial charge is 0.228 e. The van der Waals surface area contributed by atoms with Crippen molar-refractivity contribution in [3.05, 3.63) is 24.3 Å². The van der Waals surface area contributed by atoms with E-state index in [4.69, 9.17) is 15.2 Å². The summed E-state index contributed by atoms with van der Waals surface area (Å²) in [6.07, 6.45) is -4.67. The monoisotopic (exact) mass is 241 g/mol. The Morgan fingerprint density at radius 3 is 2.41 bits per heavy atom. The Kier molecular flexibility index (Phi) is 3.49. The van der Waals surface area contributed by atoms with Crippen LogP contribution in [0.25, 0.3) is 0 Å². The quantitative estimate of drug-likeness (QED) is 0.499. The van der Waals surface area contributed by atoms with Gasteiger partial charge in [0.25, 0.3) is 0 Å². The lowest BCUT2D eigenvalue weighted by Gasteiger charge is -2.34. The van der Waals surface area contributed by atoms with Gasteiger partial charge < -0.3 is 30.5 Å². The van der Waals surface area contributed by atoms with Gasteiger partial charge in [0.15, 0.2) is 0 Å². The minimum atomic E-state index is -1.30. The minimum Gasteiger partial charge on any atom is -0.462 e. The van der Waals surface area contributed by atoms with Gasteiger partial charge in [-0.05, 0) is 24.3 Å². The van der Waals surface area contributed by atoms with E-state index in [2.05, 4.69) is 0 Å². The molecule has 0 unspecified atom stereocenters. The molecule has 0 aliphatic carbocycles. The SMILES string of the molecule is Nc1ccc(O[C@@H]2OC[C@H](O)[C@@H](O)[C@H]2O)cc1. The number of hydrogen-bond donors (Lipinski definition) is 4. The second-order valence-corrected chi connectivity index (χ2v) is 3.94. The van der Waals surface area contributed by atoms with Crippen LogP contribution in [-0.4, -0.2) is 46.5 Å². The molecule has 6 heteroatoms. The predicted molar refractivity (Wildman–Crippen MR) is 59.2 cm³/mol. The summed E-state index contributed by atoms with van der Waals surface area (Å²) in [6.45, 7) is -0.0855. The zero-order chi connectivity index (χ0) is 12.4. The molecule has 0 aromatic heterocycles. The van der Waals surface area contributed by atoms with E-state index in [0.29, 0.717) is 11.4 Å². The van der Waals surface area contributed by atoms with Crippen molar-refractivity contribution < 1.29 is 24.8 Å². The highest BCUT2D eigenvalue weighted by Crippen LogP contribution is 2.21. The molecule has 1 aromatic rings. The molecule has 1 aromatic carbocycles. The van der Waals surface area contributed by atoms with Crippen LogP contribution in [0.1, 0.15) is 0 Å².